The Labute approximate surface area is 161 Å². The number of amides is 1. The molecule has 1 aliphatic heterocycles. The number of aliphatic hydroxyl groups is 1. The molecule has 0 radical (unpaired) electrons. The number of hydrogen-bond acceptors (Lipinski definition) is 4. The first-order valence-corrected chi connectivity index (χ1v) is 8.96. The van der Waals surface area contributed by atoms with Gasteiger partial charge in [0.2, 0.25) is 5.60 Å². The van der Waals surface area contributed by atoms with Gasteiger partial charge in [0, 0.05) is 17.9 Å². The minimum atomic E-state index is -2.10. The Balaban J connectivity index is 1.58. The van der Waals surface area contributed by atoms with Crippen LogP contribution in [0.2, 0.25) is 5.02 Å². The molecule has 7 heteroatoms. The Kier molecular flexibility index (Phi) is 5.89. The lowest BCUT2D eigenvalue weighted by Gasteiger charge is -2.21. The molecule has 0 aromatic heterocycles. The maximum Gasteiger partial charge on any atom is 0.285 e. The van der Waals surface area contributed by atoms with Gasteiger partial charge in [-0.1, -0.05) is 41.9 Å². The van der Waals surface area contributed by atoms with Crippen LogP contribution >= 0.6 is 11.6 Å². The summed E-state index contributed by atoms with van der Waals surface area (Å²) in [6.45, 7) is 0.290. The summed E-state index contributed by atoms with van der Waals surface area (Å²) >= 11 is 5.80. The summed E-state index contributed by atoms with van der Waals surface area (Å²) in [7, 11) is 0. The van der Waals surface area contributed by atoms with Crippen LogP contribution in [0.3, 0.4) is 0 Å². The number of Topliss-reactive ketones (excluding diaryl/α,β-unsaturated/α-hetero) is 1. The highest BCUT2D eigenvalue weighted by Gasteiger charge is 2.51. The number of nitrogens with zero attached hydrogens (tertiary/aromatic N) is 1. The average Bonchev–Trinajstić information content (AvgIpc) is 2.94. The number of rotatable bonds is 7. The van der Waals surface area contributed by atoms with E-state index >= 15 is 0 Å². The Bertz CT molecular complexity index is 825. The van der Waals surface area contributed by atoms with E-state index in [1.165, 1.54) is 12.1 Å². The molecule has 3 rings (SSSR count). The molecule has 27 heavy (non-hydrogen) atoms. The second-order valence-corrected chi connectivity index (χ2v) is 6.91. The fraction of sp³-hybridized carbons (Fsp3) is 0.300. The van der Waals surface area contributed by atoms with Gasteiger partial charge in [-0.05, 0) is 35.7 Å². The van der Waals surface area contributed by atoms with Crippen LogP contribution in [0.25, 0.3) is 0 Å². The molecule has 1 N–H and O–H groups in total. The monoisotopic (exact) mass is 391 g/mol. The van der Waals surface area contributed by atoms with Gasteiger partial charge in [-0.3, -0.25) is 14.4 Å². The van der Waals surface area contributed by atoms with Crippen molar-refractivity contribution in [3.8, 4) is 0 Å². The number of hydroxylamine groups is 2. The summed E-state index contributed by atoms with van der Waals surface area (Å²) in [5.74, 6) is -1.87. The van der Waals surface area contributed by atoms with Crippen LogP contribution in [-0.4, -0.2) is 34.0 Å². The first-order chi connectivity index (χ1) is 12.9. The number of carbonyl (C=O) groups is 2. The van der Waals surface area contributed by atoms with Gasteiger partial charge in [-0.15, -0.1) is 0 Å². The van der Waals surface area contributed by atoms with Crippen molar-refractivity contribution >= 4 is 23.3 Å². The van der Waals surface area contributed by atoms with E-state index in [-0.39, 0.29) is 37.4 Å². The van der Waals surface area contributed by atoms with Crippen LogP contribution in [0.15, 0.2) is 48.5 Å². The normalized spacial score (nSPS) is 19.5. The topological polar surface area (TPSA) is 66.8 Å². The van der Waals surface area contributed by atoms with E-state index in [0.717, 1.165) is 10.6 Å². The summed E-state index contributed by atoms with van der Waals surface area (Å²) in [5.41, 5.74) is -0.706. The van der Waals surface area contributed by atoms with E-state index in [9.17, 15) is 19.1 Å². The molecule has 1 amide bonds. The van der Waals surface area contributed by atoms with Crippen molar-refractivity contribution in [2.75, 3.05) is 6.54 Å². The Morgan fingerprint density at radius 2 is 1.96 bits per heavy atom. The van der Waals surface area contributed by atoms with E-state index in [2.05, 4.69) is 0 Å². The second-order valence-electron chi connectivity index (χ2n) is 6.48. The fourth-order valence-corrected chi connectivity index (χ4v) is 3.25. The molecule has 1 heterocycles. The molecule has 2 aromatic carbocycles. The number of aryl methyl sites for hydroxylation is 1. The Hall–Kier alpha value is -2.28. The molecule has 1 fully saturated rings. The van der Waals surface area contributed by atoms with Crippen LogP contribution in [-0.2, 0) is 27.5 Å². The van der Waals surface area contributed by atoms with E-state index < -0.39 is 23.1 Å². The second kappa shape index (κ2) is 8.17. The van der Waals surface area contributed by atoms with E-state index in [4.69, 9.17) is 16.4 Å². The Morgan fingerprint density at radius 1 is 1.22 bits per heavy atom. The lowest BCUT2D eigenvalue weighted by atomic mass is 9.92. The molecule has 2 aromatic rings. The zero-order valence-corrected chi connectivity index (χ0v) is 15.3. The van der Waals surface area contributed by atoms with Crippen molar-refractivity contribution in [1.29, 1.82) is 0 Å². The number of halogens is 2. The molecule has 5 nitrogen and oxygen atoms in total. The van der Waals surface area contributed by atoms with E-state index in [1.54, 1.807) is 6.07 Å². The van der Waals surface area contributed by atoms with Gasteiger partial charge in [0.05, 0.1) is 6.54 Å². The molecule has 1 atom stereocenters. The highest BCUT2D eigenvalue weighted by molar-refractivity contribution is 6.30. The molecule has 1 aliphatic rings. The van der Waals surface area contributed by atoms with Gasteiger partial charge in [0.25, 0.3) is 5.91 Å². The summed E-state index contributed by atoms with van der Waals surface area (Å²) in [6, 6.07) is 13.3. The molecule has 142 valence electrons. The maximum atomic E-state index is 13.4. The standard InChI is InChI=1S/C20H19ClFNO4/c21-16-10-15(11-17(22)12-16)6-7-18(24)20(26)8-9-23(19(20)25)27-13-14-4-2-1-3-5-14/h1-5,10-12,26H,6-9,13H2/t20-/m1/s1. The van der Waals surface area contributed by atoms with Crippen molar-refractivity contribution in [3.63, 3.8) is 0 Å². The third-order valence-electron chi connectivity index (χ3n) is 4.51. The van der Waals surface area contributed by atoms with Gasteiger partial charge in [-0.2, -0.15) is 0 Å². The van der Waals surface area contributed by atoms with Gasteiger partial charge in [0.1, 0.15) is 12.4 Å². The van der Waals surface area contributed by atoms with Gasteiger partial charge in [0.15, 0.2) is 5.78 Å². The number of benzene rings is 2. The van der Waals surface area contributed by atoms with E-state index in [1.807, 2.05) is 30.3 Å². The third-order valence-corrected chi connectivity index (χ3v) is 4.73. The van der Waals surface area contributed by atoms with Crippen molar-refractivity contribution in [3.05, 3.63) is 70.5 Å². The summed E-state index contributed by atoms with van der Waals surface area (Å²) < 4.78 is 13.4. The third kappa shape index (κ3) is 4.53. The van der Waals surface area contributed by atoms with Crippen molar-refractivity contribution < 1.29 is 23.9 Å². The SMILES string of the molecule is O=C(CCc1cc(F)cc(Cl)c1)[C@]1(O)CCN(OCc2ccccc2)C1=O. The molecule has 0 spiro atoms. The molecular weight excluding hydrogens is 373 g/mol. The van der Waals surface area contributed by atoms with Crippen molar-refractivity contribution in [2.24, 2.45) is 0 Å². The largest absolute Gasteiger partial charge is 0.373 e. The average molecular weight is 392 g/mol. The number of ketones is 1. The minimum absolute atomic E-state index is 0.0383. The predicted octanol–water partition coefficient (Wildman–Crippen LogP) is 3.08. The minimum Gasteiger partial charge on any atom is -0.373 e. The molecule has 0 unspecified atom stereocenters. The number of hydrogen-bond donors (Lipinski definition) is 1. The van der Waals surface area contributed by atoms with Crippen LogP contribution in [0.1, 0.15) is 24.0 Å². The van der Waals surface area contributed by atoms with Crippen LogP contribution < -0.4 is 0 Å². The molecule has 0 bridgehead atoms. The lowest BCUT2D eigenvalue weighted by molar-refractivity contribution is -0.191. The van der Waals surface area contributed by atoms with Gasteiger partial charge < -0.3 is 5.11 Å². The molecule has 1 saturated heterocycles. The lowest BCUT2D eigenvalue weighted by Crippen LogP contribution is -2.46. The summed E-state index contributed by atoms with van der Waals surface area (Å²) in [4.78, 5) is 30.4. The Morgan fingerprint density at radius 3 is 2.67 bits per heavy atom. The quantitative estimate of drug-likeness (QED) is 0.736. The molecule has 0 saturated carbocycles. The molecular formula is C20H19ClFNO4. The van der Waals surface area contributed by atoms with Gasteiger partial charge in [-0.25, -0.2) is 9.45 Å². The highest BCUT2D eigenvalue weighted by atomic mass is 35.5. The molecule has 0 aliphatic carbocycles. The maximum absolute atomic E-state index is 13.4. The number of carbonyl (C=O) groups excluding carboxylic acids is 2. The first-order valence-electron chi connectivity index (χ1n) is 8.58. The zero-order valence-electron chi connectivity index (χ0n) is 14.5. The van der Waals surface area contributed by atoms with Crippen LogP contribution in [0.4, 0.5) is 4.39 Å². The highest BCUT2D eigenvalue weighted by Crippen LogP contribution is 2.27. The van der Waals surface area contributed by atoms with Crippen molar-refractivity contribution in [1.82, 2.24) is 5.06 Å². The van der Waals surface area contributed by atoms with E-state index in [0.29, 0.717) is 5.56 Å². The zero-order chi connectivity index (χ0) is 19.4. The fourth-order valence-electron chi connectivity index (χ4n) is 3.01. The summed E-state index contributed by atoms with van der Waals surface area (Å²) in [6.07, 6.45) is 0.0364. The first kappa shape index (κ1) is 19.5. The van der Waals surface area contributed by atoms with Crippen LogP contribution in [0.5, 0.6) is 0 Å². The van der Waals surface area contributed by atoms with Crippen molar-refractivity contribution in [2.45, 2.75) is 31.5 Å². The summed E-state index contributed by atoms with van der Waals surface area (Å²) in [5, 5.41) is 11.8. The predicted molar refractivity (Wildman–Crippen MR) is 97.2 cm³/mol. The van der Waals surface area contributed by atoms with Crippen LogP contribution in [0, 0.1) is 5.82 Å². The smallest absolute Gasteiger partial charge is 0.285 e. The van der Waals surface area contributed by atoms with Gasteiger partial charge >= 0.3 is 0 Å².